The lowest BCUT2D eigenvalue weighted by Gasteiger charge is -2.29. The van der Waals surface area contributed by atoms with Crippen molar-refractivity contribution < 1.29 is 9.53 Å². The molecule has 1 atom stereocenters. The SMILES string of the molecule is CCC1CN(c2ccc(N3CCNCC3)cc2)C(=O)O1. The van der Waals surface area contributed by atoms with Crippen LogP contribution in [0.5, 0.6) is 0 Å². The molecule has 1 N–H and O–H groups in total. The summed E-state index contributed by atoms with van der Waals surface area (Å²) in [5, 5.41) is 3.35. The van der Waals surface area contributed by atoms with Gasteiger partial charge in [-0.2, -0.15) is 0 Å². The van der Waals surface area contributed by atoms with E-state index in [1.54, 1.807) is 4.90 Å². The number of anilines is 2. The molecule has 0 aromatic heterocycles. The molecule has 2 saturated heterocycles. The Labute approximate surface area is 119 Å². The summed E-state index contributed by atoms with van der Waals surface area (Å²) in [5.74, 6) is 0. The Hall–Kier alpha value is -1.75. The van der Waals surface area contributed by atoms with Gasteiger partial charge in [-0.15, -0.1) is 0 Å². The fourth-order valence-corrected chi connectivity index (χ4v) is 2.71. The van der Waals surface area contributed by atoms with Crippen molar-refractivity contribution in [1.82, 2.24) is 5.32 Å². The maximum absolute atomic E-state index is 11.8. The van der Waals surface area contributed by atoms with Crippen LogP contribution in [0.2, 0.25) is 0 Å². The number of piperazine rings is 1. The smallest absolute Gasteiger partial charge is 0.414 e. The topological polar surface area (TPSA) is 44.8 Å². The van der Waals surface area contributed by atoms with E-state index in [4.69, 9.17) is 4.74 Å². The highest BCUT2D eigenvalue weighted by Crippen LogP contribution is 2.25. The van der Waals surface area contributed by atoms with E-state index >= 15 is 0 Å². The predicted octanol–water partition coefficient (Wildman–Crippen LogP) is 1.83. The Kier molecular flexibility index (Phi) is 3.78. The van der Waals surface area contributed by atoms with Crippen LogP contribution in [0.15, 0.2) is 24.3 Å². The van der Waals surface area contributed by atoms with Crippen LogP contribution in [0.4, 0.5) is 16.2 Å². The summed E-state index contributed by atoms with van der Waals surface area (Å²) in [4.78, 5) is 15.9. The third-order valence-corrected chi connectivity index (χ3v) is 3.97. The van der Waals surface area contributed by atoms with Crippen LogP contribution in [0.3, 0.4) is 0 Å². The lowest BCUT2D eigenvalue weighted by molar-refractivity contribution is 0.139. The van der Waals surface area contributed by atoms with Gasteiger partial charge >= 0.3 is 6.09 Å². The van der Waals surface area contributed by atoms with Crippen molar-refractivity contribution in [3.8, 4) is 0 Å². The minimum atomic E-state index is -0.230. The van der Waals surface area contributed by atoms with Gasteiger partial charge in [-0.25, -0.2) is 4.79 Å². The molecule has 0 bridgehead atoms. The highest BCUT2D eigenvalue weighted by atomic mass is 16.6. The molecule has 0 saturated carbocycles. The summed E-state index contributed by atoms with van der Waals surface area (Å²) < 4.78 is 5.29. The Balaban J connectivity index is 1.71. The number of rotatable bonds is 3. The Morgan fingerprint density at radius 1 is 1.20 bits per heavy atom. The van der Waals surface area contributed by atoms with Crippen molar-refractivity contribution in [3.05, 3.63) is 24.3 Å². The van der Waals surface area contributed by atoms with Crippen LogP contribution in [-0.4, -0.2) is 44.9 Å². The van der Waals surface area contributed by atoms with Crippen LogP contribution < -0.4 is 15.1 Å². The number of carbonyl (C=O) groups excluding carboxylic acids is 1. The minimum absolute atomic E-state index is 0.0235. The van der Waals surface area contributed by atoms with Crippen molar-refractivity contribution in [2.45, 2.75) is 19.4 Å². The second kappa shape index (κ2) is 5.71. The normalized spacial score (nSPS) is 23.1. The molecule has 108 valence electrons. The Morgan fingerprint density at radius 2 is 1.85 bits per heavy atom. The van der Waals surface area contributed by atoms with E-state index in [1.807, 2.05) is 19.1 Å². The van der Waals surface area contributed by atoms with Gasteiger partial charge in [0.15, 0.2) is 0 Å². The Morgan fingerprint density at radius 3 is 2.45 bits per heavy atom. The van der Waals surface area contributed by atoms with Crippen molar-refractivity contribution in [1.29, 1.82) is 0 Å². The van der Waals surface area contributed by atoms with Crippen LogP contribution in [0, 0.1) is 0 Å². The zero-order valence-corrected chi connectivity index (χ0v) is 11.8. The zero-order valence-electron chi connectivity index (χ0n) is 11.8. The number of hydrogen-bond donors (Lipinski definition) is 1. The number of cyclic esters (lactones) is 1. The zero-order chi connectivity index (χ0) is 13.9. The first kappa shape index (κ1) is 13.2. The van der Waals surface area contributed by atoms with E-state index < -0.39 is 0 Å². The van der Waals surface area contributed by atoms with Crippen molar-refractivity contribution >= 4 is 17.5 Å². The molecule has 2 aliphatic heterocycles. The van der Waals surface area contributed by atoms with Gasteiger partial charge < -0.3 is 15.0 Å². The summed E-state index contributed by atoms with van der Waals surface area (Å²) in [7, 11) is 0. The number of nitrogens with one attached hydrogen (secondary N) is 1. The number of nitrogens with zero attached hydrogens (tertiary/aromatic N) is 2. The third kappa shape index (κ3) is 2.58. The summed E-state index contributed by atoms with van der Waals surface area (Å²) >= 11 is 0. The van der Waals surface area contributed by atoms with Crippen molar-refractivity contribution in [2.24, 2.45) is 0 Å². The molecule has 20 heavy (non-hydrogen) atoms. The fourth-order valence-electron chi connectivity index (χ4n) is 2.71. The molecule has 3 rings (SSSR count). The molecule has 2 aliphatic rings. The quantitative estimate of drug-likeness (QED) is 0.914. The largest absolute Gasteiger partial charge is 0.444 e. The fraction of sp³-hybridized carbons (Fsp3) is 0.533. The summed E-state index contributed by atoms with van der Waals surface area (Å²) in [6, 6.07) is 8.20. The number of ether oxygens (including phenoxy) is 1. The molecule has 1 aromatic carbocycles. The van der Waals surface area contributed by atoms with Gasteiger partial charge in [0.1, 0.15) is 6.10 Å². The monoisotopic (exact) mass is 275 g/mol. The van der Waals surface area contributed by atoms with Gasteiger partial charge in [-0.1, -0.05) is 6.92 Å². The first-order valence-electron chi connectivity index (χ1n) is 7.32. The number of benzene rings is 1. The van der Waals surface area contributed by atoms with E-state index in [1.165, 1.54) is 5.69 Å². The van der Waals surface area contributed by atoms with E-state index in [0.29, 0.717) is 6.54 Å². The number of amides is 1. The van der Waals surface area contributed by atoms with Crippen molar-refractivity contribution in [2.75, 3.05) is 42.5 Å². The van der Waals surface area contributed by atoms with E-state index in [2.05, 4.69) is 22.3 Å². The van der Waals surface area contributed by atoms with Gasteiger partial charge in [-0.05, 0) is 30.7 Å². The predicted molar refractivity (Wildman–Crippen MR) is 79.4 cm³/mol. The molecule has 0 radical (unpaired) electrons. The first-order chi connectivity index (χ1) is 9.78. The number of carbonyl (C=O) groups is 1. The van der Waals surface area contributed by atoms with Crippen LogP contribution in [0.1, 0.15) is 13.3 Å². The van der Waals surface area contributed by atoms with Gasteiger partial charge in [0, 0.05) is 37.6 Å². The minimum Gasteiger partial charge on any atom is -0.444 e. The molecular weight excluding hydrogens is 254 g/mol. The number of hydrogen-bond acceptors (Lipinski definition) is 4. The molecule has 1 amide bonds. The first-order valence-corrected chi connectivity index (χ1v) is 7.32. The average molecular weight is 275 g/mol. The molecule has 2 fully saturated rings. The van der Waals surface area contributed by atoms with E-state index in [9.17, 15) is 4.79 Å². The highest BCUT2D eigenvalue weighted by molar-refractivity contribution is 5.89. The van der Waals surface area contributed by atoms with E-state index in [-0.39, 0.29) is 12.2 Å². The van der Waals surface area contributed by atoms with Gasteiger partial charge in [0.2, 0.25) is 0 Å². The van der Waals surface area contributed by atoms with Crippen LogP contribution >= 0.6 is 0 Å². The van der Waals surface area contributed by atoms with Gasteiger partial charge in [0.25, 0.3) is 0 Å². The third-order valence-electron chi connectivity index (χ3n) is 3.97. The lowest BCUT2D eigenvalue weighted by atomic mass is 10.2. The maximum atomic E-state index is 11.8. The molecular formula is C15H21N3O2. The molecule has 0 aliphatic carbocycles. The summed E-state index contributed by atoms with van der Waals surface area (Å²) in [5.41, 5.74) is 2.14. The molecule has 5 nitrogen and oxygen atoms in total. The second-order valence-electron chi connectivity index (χ2n) is 5.28. The lowest BCUT2D eigenvalue weighted by Crippen LogP contribution is -2.43. The van der Waals surface area contributed by atoms with E-state index in [0.717, 1.165) is 38.3 Å². The summed E-state index contributed by atoms with van der Waals surface area (Å²) in [6.45, 7) is 6.81. The molecule has 5 heteroatoms. The molecule has 1 unspecified atom stereocenters. The average Bonchev–Trinajstić information content (AvgIpc) is 2.89. The van der Waals surface area contributed by atoms with Crippen LogP contribution in [0.25, 0.3) is 0 Å². The maximum Gasteiger partial charge on any atom is 0.414 e. The Bertz CT molecular complexity index is 469. The summed E-state index contributed by atoms with van der Waals surface area (Å²) in [6.07, 6.45) is 0.656. The van der Waals surface area contributed by atoms with Gasteiger partial charge in [-0.3, -0.25) is 4.90 Å². The van der Waals surface area contributed by atoms with Gasteiger partial charge in [0.05, 0.1) is 6.54 Å². The van der Waals surface area contributed by atoms with Crippen LogP contribution in [-0.2, 0) is 4.74 Å². The molecule has 2 heterocycles. The second-order valence-corrected chi connectivity index (χ2v) is 5.28. The molecule has 0 spiro atoms. The van der Waals surface area contributed by atoms with Crippen molar-refractivity contribution in [3.63, 3.8) is 0 Å². The molecule has 1 aromatic rings. The highest BCUT2D eigenvalue weighted by Gasteiger charge is 2.31. The standard InChI is InChI=1S/C15H21N3O2/c1-2-14-11-18(15(19)20-14)13-5-3-12(4-6-13)17-9-7-16-8-10-17/h3-6,14,16H,2,7-11H2,1H3.